The molecule has 3 heterocycles. The first-order chi connectivity index (χ1) is 14.5. The van der Waals surface area contributed by atoms with Crippen LogP contribution < -0.4 is 4.74 Å². The minimum absolute atomic E-state index is 0.0766. The molecule has 6 nitrogen and oxygen atoms in total. The maximum absolute atomic E-state index is 13.3. The van der Waals surface area contributed by atoms with Crippen molar-refractivity contribution in [1.29, 1.82) is 0 Å². The zero-order valence-electron chi connectivity index (χ0n) is 16.3. The monoisotopic (exact) mass is 400 g/mol. The molecule has 0 saturated carbocycles. The van der Waals surface area contributed by atoms with Crippen LogP contribution >= 0.6 is 0 Å². The fraction of sp³-hybridized carbons (Fsp3) is 0.130. The second-order valence-corrected chi connectivity index (χ2v) is 7.15. The molecule has 7 heteroatoms. The molecule has 0 unspecified atom stereocenters. The fourth-order valence-corrected chi connectivity index (χ4v) is 3.89. The van der Waals surface area contributed by atoms with Gasteiger partial charge in [0.05, 0.1) is 5.56 Å². The van der Waals surface area contributed by atoms with Crippen molar-refractivity contribution >= 4 is 11.4 Å². The molecule has 0 N–H and O–H groups in total. The first-order valence-electron chi connectivity index (χ1n) is 9.48. The number of hydrogen-bond donors (Lipinski definition) is 0. The number of rotatable bonds is 3. The second-order valence-electron chi connectivity index (χ2n) is 7.15. The van der Waals surface area contributed by atoms with Gasteiger partial charge in [-0.2, -0.15) is 0 Å². The highest BCUT2D eigenvalue weighted by molar-refractivity contribution is 5.97. The Balaban J connectivity index is 1.77. The highest BCUT2D eigenvalue weighted by Gasteiger charge is 2.35. The zero-order valence-corrected chi connectivity index (χ0v) is 16.3. The van der Waals surface area contributed by atoms with Crippen molar-refractivity contribution in [2.45, 2.75) is 19.8 Å². The van der Waals surface area contributed by atoms with Crippen molar-refractivity contribution in [2.75, 3.05) is 0 Å². The molecular formula is C23H17FN4O2. The number of allylic oxidation sites excluding steroid dienone is 2. The molecule has 5 rings (SSSR count). The summed E-state index contributed by atoms with van der Waals surface area (Å²) in [4.78, 5) is 21.7. The van der Waals surface area contributed by atoms with Crippen LogP contribution in [0, 0.1) is 5.82 Å². The van der Waals surface area contributed by atoms with E-state index in [1.165, 1.54) is 25.4 Å². The van der Waals surface area contributed by atoms with Crippen LogP contribution in [0.2, 0.25) is 0 Å². The summed E-state index contributed by atoms with van der Waals surface area (Å²) in [6, 6.07) is 15.7. The number of Topliss-reactive ketones (excluding diaryl/α,β-unsaturated/α-hetero) is 1. The molecule has 0 bridgehead atoms. The van der Waals surface area contributed by atoms with Gasteiger partial charge in [0.15, 0.2) is 17.3 Å². The lowest BCUT2D eigenvalue weighted by Gasteiger charge is -2.28. The van der Waals surface area contributed by atoms with Crippen LogP contribution in [0.5, 0.6) is 5.88 Å². The number of benzene rings is 2. The number of fused-ring (bicyclic) bond motifs is 3. The third-order valence-corrected chi connectivity index (χ3v) is 5.21. The van der Waals surface area contributed by atoms with Gasteiger partial charge < -0.3 is 4.74 Å². The maximum atomic E-state index is 13.3. The van der Waals surface area contributed by atoms with Gasteiger partial charge in [-0.1, -0.05) is 30.3 Å². The minimum atomic E-state index is -0.381. The molecule has 1 aliphatic rings. The number of aromatic nitrogens is 4. The molecule has 0 radical (unpaired) electrons. The quantitative estimate of drug-likeness (QED) is 0.512. The number of halogens is 1. The van der Waals surface area contributed by atoms with Crippen LogP contribution in [0.4, 0.5) is 4.39 Å². The molecule has 1 aliphatic heterocycles. The maximum Gasteiger partial charge on any atom is 0.228 e. The zero-order chi connectivity index (χ0) is 20.8. The lowest BCUT2D eigenvalue weighted by molar-refractivity contribution is -0.114. The Kier molecular flexibility index (Phi) is 4.17. The normalized spacial score (nSPS) is 15.8. The van der Waals surface area contributed by atoms with Crippen molar-refractivity contribution in [3.63, 3.8) is 0 Å². The predicted octanol–water partition coefficient (Wildman–Crippen LogP) is 4.32. The molecule has 0 fully saturated rings. The summed E-state index contributed by atoms with van der Waals surface area (Å²) in [6.07, 6.45) is 1.53. The Morgan fingerprint density at radius 3 is 2.53 bits per heavy atom. The molecule has 148 valence electrons. The van der Waals surface area contributed by atoms with Crippen LogP contribution in [0.1, 0.15) is 30.9 Å². The predicted molar refractivity (Wildman–Crippen MR) is 108 cm³/mol. The summed E-state index contributed by atoms with van der Waals surface area (Å²) in [5, 5.41) is 4.50. The average molecular weight is 400 g/mol. The summed E-state index contributed by atoms with van der Waals surface area (Å²) >= 11 is 0. The Labute approximate surface area is 171 Å². The van der Waals surface area contributed by atoms with Gasteiger partial charge in [0, 0.05) is 17.1 Å². The topological polar surface area (TPSA) is 69.4 Å². The van der Waals surface area contributed by atoms with E-state index in [9.17, 15) is 9.18 Å². The van der Waals surface area contributed by atoms with Crippen molar-refractivity contribution in [2.24, 2.45) is 0 Å². The molecule has 4 aromatic rings. The SMILES string of the molecule is CC(=O)C1=C(C)Oc2ncn3nc(-c4ccc(F)cc4)nc3c2[C@H]1c1ccccc1. The van der Waals surface area contributed by atoms with Crippen molar-refractivity contribution in [1.82, 2.24) is 19.6 Å². The van der Waals surface area contributed by atoms with Gasteiger partial charge in [0.1, 0.15) is 17.9 Å². The number of hydrogen-bond acceptors (Lipinski definition) is 5. The average Bonchev–Trinajstić information content (AvgIpc) is 3.18. The second kappa shape index (κ2) is 6.88. The van der Waals surface area contributed by atoms with Crippen LogP contribution in [-0.2, 0) is 4.79 Å². The van der Waals surface area contributed by atoms with Gasteiger partial charge in [0.25, 0.3) is 0 Å². The summed E-state index contributed by atoms with van der Waals surface area (Å²) in [5.74, 6) is 0.579. The number of carbonyl (C=O) groups is 1. The largest absolute Gasteiger partial charge is 0.443 e. The standard InChI is InChI=1S/C23H17FN4O2/c1-13(29)18-14(2)30-23-20(19(18)15-6-4-3-5-7-15)22-26-21(27-28(22)12-25-23)16-8-10-17(24)11-9-16/h3-12,19H,1-2H3/t19-/m0/s1. The van der Waals surface area contributed by atoms with Crippen molar-refractivity contribution in [3.8, 4) is 17.3 Å². The Morgan fingerprint density at radius 1 is 1.10 bits per heavy atom. The molecule has 0 amide bonds. The number of ether oxygens (including phenoxy) is 1. The molecule has 1 atom stereocenters. The minimum Gasteiger partial charge on any atom is -0.443 e. The van der Waals surface area contributed by atoms with Crippen LogP contribution in [0.25, 0.3) is 17.0 Å². The Bertz CT molecular complexity index is 1310. The summed E-state index contributed by atoms with van der Waals surface area (Å²) in [7, 11) is 0. The third-order valence-electron chi connectivity index (χ3n) is 5.21. The van der Waals surface area contributed by atoms with Gasteiger partial charge in [0.2, 0.25) is 5.88 Å². The van der Waals surface area contributed by atoms with E-state index in [0.29, 0.717) is 39.8 Å². The van der Waals surface area contributed by atoms with Gasteiger partial charge in [-0.05, 0) is 43.7 Å². The summed E-state index contributed by atoms with van der Waals surface area (Å²) < 4.78 is 20.8. The number of ketones is 1. The van der Waals surface area contributed by atoms with Gasteiger partial charge in [-0.15, -0.1) is 5.10 Å². The molecule has 0 aliphatic carbocycles. The van der Waals surface area contributed by atoms with E-state index in [-0.39, 0.29) is 17.5 Å². The van der Waals surface area contributed by atoms with E-state index >= 15 is 0 Å². The molecule has 30 heavy (non-hydrogen) atoms. The first-order valence-corrected chi connectivity index (χ1v) is 9.48. The molecular weight excluding hydrogens is 383 g/mol. The van der Waals surface area contributed by atoms with Crippen LogP contribution in [-0.4, -0.2) is 25.4 Å². The Hall–Kier alpha value is -3.87. The third kappa shape index (κ3) is 2.86. The number of carbonyl (C=O) groups excluding carboxylic acids is 1. The van der Waals surface area contributed by atoms with Crippen LogP contribution in [0.3, 0.4) is 0 Å². The molecule has 0 saturated heterocycles. The van der Waals surface area contributed by atoms with Crippen LogP contribution in [0.15, 0.2) is 72.3 Å². The Morgan fingerprint density at radius 2 is 1.83 bits per heavy atom. The van der Waals surface area contributed by atoms with E-state index in [1.54, 1.807) is 23.6 Å². The van der Waals surface area contributed by atoms with Gasteiger partial charge in [-0.3, -0.25) is 4.79 Å². The molecule has 2 aromatic carbocycles. The molecule has 2 aromatic heterocycles. The van der Waals surface area contributed by atoms with Crippen molar-refractivity contribution in [3.05, 3.63) is 89.2 Å². The van der Waals surface area contributed by atoms with Gasteiger partial charge in [-0.25, -0.2) is 18.9 Å². The lowest BCUT2D eigenvalue weighted by atomic mass is 9.82. The fourth-order valence-electron chi connectivity index (χ4n) is 3.89. The van der Waals surface area contributed by atoms with E-state index in [2.05, 4.69) is 10.1 Å². The summed E-state index contributed by atoms with van der Waals surface area (Å²) in [5.41, 5.74) is 3.41. The van der Waals surface area contributed by atoms with E-state index in [1.807, 2.05) is 30.3 Å². The number of nitrogens with zero attached hydrogens (tertiary/aromatic N) is 4. The van der Waals surface area contributed by atoms with Gasteiger partial charge >= 0.3 is 0 Å². The van der Waals surface area contributed by atoms with Crippen molar-refractivity contribution < 1.29 is 13.9 Å². The van der Waals surface area contributed by atoms with E-state index in [4.69, 9.17) is 9.72 Å². The highest BCUT2D eigenvalue weighted by atomic mass is 19.1. The first kappa shape index (κ1) is 18.2. The molecule has 0 spiro atoms. The highest BCUT2D eigenvalue weighted by Crippen LogP contribution is 2.44. The summed E-state index contributed by atoms with van der Waals surface area (Å²) in [6.45, 7) is 3.31. The van der Waals surface area contributed by atoms with E-state index < -0.39 is 0 Å². The smallest absolute Gasteiger partial charge is 0.228 e. The lowest BCUT2D eigenvalue weighted by Crippen LogP contribution is -2.22. The van der Waals surface area contributed by atoms with E-state index in [0.717, 1.165) is 5.56 Å².